The van der Waals surface area contributed by atoms with Gasteiger partial charge in [0.25, 0.3) is 5.91 Å². The Kier molecular flexibility index (Phi) is 6.20. The number of benzene rings is 2. The molecule has 3 nitrogen and oxygen atoms in total. The van der Waals surface area contributed by atoms with Crippen LogP contribution >= 0.6 is 12.4 Å². The Labute approximate surface area is 143 Å². The van der Waals surface area contributed by atoms with Crippen LogP contribution in [0.1, 0.15) is 40.4 Å². The van der Waals surface area contributed by atoms with Gasteiger partial charge in [-0.2, -0.15) is 0 Å². The molecule has 0 unspecified atom stereocenters. The molecule has 4 heteroatoms. The molecule has 0 saturated carbocycles. The number of amides is 1. The Morgan fingerprint density at radius 1 is 1.09 bits per heavy atom. The van der Waals surface area contributed by atoms with Crippen molar-refractivity contribution < 1.29 is 4.79 Å². The monoisotopic (exact) mass is 330 g/mol. The first-order chi connectivity index (χ1) is 10.8. The number of hydrogen-bond donors (Lipinski definition) is 2. The van der Waals surface area contributed by atoms with Gasteiger partial charge in [0.15, 0.2) is 0 Å². The van der Waals surface area contributed by atoms with Crippen LogP contribution in [-0.2, 0) is 19.4 Å². The number of hydrogen-bond acceptors (Lipinski definition) is 2. The maximum Gasteiger partial charge on any atom is 0.255 e. The summed E-state index contributed by atoms with van der Waals surface area (Å²) in [5, 5.41) is 6.35. The van der Waals surface area contributed by atoms with Crippen LogP contribution in [0, 0.1) is 0 Å². The number of nitrogens with one attached hydrogen (secondary N) is 2. The SMILES string of the molecule is CCNCc1ccccc1NC(=O)c1ccc2c(c1)CCC2.Cl. The maximum atomic E-state index is 12.5. The van der Waals surface area contributed by atoms with Crippen molar-refractivity contribution in [2.75, 3.05) is 11.9 Å². The van der Waals surface area contributed by atoms with Crippen LogP contribution in [0.5, 0.6) is 0 Å². The van der Waals surface area contributed by atoms with Crippen LogP contribution in [0.15, 0.2) is 42.5 Å². The summed E-state index contributed by atoms with van der Waals surface area (Å²) in [6, 6.07) is 14.0. The third-order valence-electron chi connectivity index (χ3n) is 4.19. The third-order valence-corrected chi connectivity index (χ3v) is 4.19. The predicted octanol–water partition coefficient (Wildman–Crippen LogP) is 3.96. The zero-order chi connectivity index (χ0) is 15.4. The van der Waals surface area contributed by atoms with Gasteiger partial charge in [0.2, 0.25) is 0 Å². The van der Waals surface area contributed by atoms with Gasteiger partial charge in [-0.25, -0.2) is 0 Å². The number of fused-ring (bicyclic) bond motifs is 1. The molecule has 2 aromatic carbocycles. The summed E-state index contributed by atoms with van der Waals surface area (Å²) >= 11 is 0. The van der Waals surface area contributed by atoms with E-state index < -0.39 is 0 Å². The molecule has 0 fully saturated rings. The van der Waals surface area contributed by atoms with E-state index in [-0.39, 0.29) is 18.3 Å². The van der Waals surface area contributed by atoms with Gasteiger partial charge >= 0.3 is 0 Å². The van der Waals surface area contributed by atoms with E-state index in [2.05, 4.69) is 23.6 Å². The van der Waals surface area contributed by atoms with Gasteiger partial charge in [0, 0.05) is 17.8 Å². The summed E-state index contributed by atoms with van der Waals surface area (Å²) in [4.78, 5) is 12.5. The Balaban J connectivity index is 0.00000192. The van der Waals surface area contributed by atoms with Crippen LogP contribution in [0.4, 0.5) is 5.69 Å². The number of anilines is 1. The van der Waals surface area contributed by atoms with E-state index in [0.717, 1.165) is 42.7 Å². The smallest absolute Gasteiger partial charge is 0.255 e. The largest absolute Gasteiger partial charge is 0.322 e. The summed E-state index contributed by atoms with van der Waals surface area (Å²) < 4.78 is 0. The average molecular weight is 331 g/mol. The van der Waals surface area contributed by atoms with Crippen molar-refractivity contribution in [1.29, 1.82) is 0 Å². The highest BCUT2D eigenvalue weighted by molar-refractivity contribution is 6.04. The van der Waals surface area contributed by atoms with Crippen LogP contribution < -0.4 is 10.6 Å². The van der Waals surface area contributed by atoms with Gasteiger partial charge in [-0.15, -0.1) is 12.4 Å². The molecule has 0 spiro atoms. The summed E-state index contributed by atoms with van der Waals surface area (Å²) in [6.07, 6.45) is 3.43. The van der Waals surface area contributed by atoms with Gasteiger partial charge in [-0.05, 0) is 60.7 Å². The third kappa shape index (κ3) is 4.12. The van der Waals surface area contributed by atoms with Crippen molar-refractivity contribution in [2.24, 2.45) is 0 Å². The second-order valence-electron chi connectivity index (χ2n) is 5.73. The zero-order valence-corrected chi connectivity index (χ0v) is 14.2. The first-order valence-corrected chi connectivity index (χ1v) is 7.99. The molecule has 0 heterocycles. The molecule has 23 heavy (non-hydrogen) atoms. The van der Waals surface area contributed by atoms with E-state index in [0.29, 0.717) is 0 Å². The maximum absolute atomic E-state index is 12.5. The molecule has 3 rings (SSSR count). The van der Waals surface area contributed by atoms with Gasteiger partial charge in [0.05, 0.1) is 0 Å². The lowest BCUT2D eigenvalue weighted by atomic mass is 10.1. The van der Waals surface area contributed by atoms with E-state index in [1.807, 2.05) is 36.4 Å². The van der Waals surface area contributed by atoms with Crippen molar-refractivity contribution in [3.05, 3.63) is 64.7 Å². The number of aryl methyl sites for hydroxylation is 2. The van der Waals surface area contributed by atoms with Crippen LogP contribution in [0.3, 0.4) is 0 Å². The fraction of sp³-hybridized carbons (Fsp3) is 0.316. The molecule has 1 aliphatic rings. The highest BCUT2D eigenvalue weighted by Gasteiger charge is 2.14. The lowest BCUT2D eigenvalue weighted by molar-refractivity contribution is 0.102. The highest BCUT2D eigenvalue weighted by atomic mass is 35.5. The number of carbonyl (C=O) groups is 1. The number of rotatable bonds is 5. The Bertz CT molecular complexity index is 685. The Morgan fingerprint density at radius 2 is 1.87 bits per heavy atom. The second kappa shape index (κ2) is 8.14. The Hall–Kier alpha value is -1.84. The van der Waals surface area contributed by atoms with Crippen molar-refractivity contribution in [1.82, 2.24) is 5.32 Å². The number of para-hydroxylation sites is 1. The van der Waals surface area contributed by atoms with E-state index >= 15 is 0 Å². The first-order valence-electron chi connectivity index (χ1n) is 7.99. The topological polar surface area (TPSA) is 41.1 Å². The van der Waals surface area contributed by atoms with Crippen LogP contribution in [0.25, 0.3) is 0 Å². The molecule has 0 saturated heterocycles. The lowest BCUT2D eigenvalue weighted by Crippen LogP contribution is -2.17. The van der Waals surface area contributed by atoms with E-state index in [4.69, 9.17) is 0 Å². The van der Waals surface area contributed by atoms with Crippen molar-refractivity contribution >= 4 is 24.0 Å². The molecule has 0 atom stereocenters. The summed E-state index contributed by atoms with van der Waals surface area (Å²) in [5.74, 6) is -0.0290. The average Bonchev–Trinajstić information content (AvgIpc) is 3.01. The Morgan fingerprint density at radius 3 is 2.70 bits per heavy atom. The van der Waals surface area contributed by atoms with Gasteiger partial charge in [0.1, 0.15) is 0 Å². The van der Waals surface area contributed by atoms with E-state index in [1.165, 1.54) is 17.5 Å². The van der Waals surface area contributed by atoms with Crippen LogP contribution in [0.2, 0.25) is 0 Å². The minimum absolute atomic E-state index is 0. The molecule has 2 aromatic rings. The fourth-order valence-corrected chi connectivity index (χ4v) is 2.96. The summed E-state index contributed by atoms with van der Waals surface area (Å²) in [5.41, 5.74) is 5.46. The van der Waals surface area contributed by atoms with E-state index in [9.17, 15) is 4.79 Å². The molecular weight excluding hydrogens is 308 g/mol. The van der Waals surface area contributed by atoms with Crippen molar-refractivity contribution in [3.63, 3.8) is 0 Å². The molecule has 0 aromatic heterocycles. The zero-order valence-electron chi connectivity index (χ0n) is 13.4. The number of halogens is 1. The van der Waals surface area contributed by atoms with Gasteiger partial charge in [-0.1, -0.05) is 31.2 Å². The van der Waals surface area contributed by atoms with Crippen LogP contribution in [-0.4, -0.2) is 12.5 Å². The quantitative estimate of drug-likeness (QED) is 0.871. The van der Waals surface area contributed by atoms with Gasteiger partial charge in [-0.3, -0.25) is 4.79 Å². The second-order valence-corrected chi connectivity index (χ2v) is 5.73. The molecule has 0 aliphatic heterocycles. The molecule has 1 aliphatic carbocycles. The lowest BCUT2D eigenvalue weighted by Gasteiger charge is -2.12. The highest BCUT2D eigenvalue weighted by Crippen LogP contribution is 2.23. The molecule has 0 radical (unpaired) electrons. The van der Waals surface area contributed by atoms with Crippen molar-refractivity contribution in [2.45, 2.75) is 32.7 Å². The molecule has 1 amide bonds. The normalized spacial score (nSPS) is 12.4. The number of carbonyl (C=O) groups excluding carboxylic acids is 1. The minimum atomic E-state index is -0.0290. The standard InChI is InChI=1S/C19H22N2O.ClH/c1-2-20-13-17-6-3-4-9-18(17)21-19(22)16-11-10-14-7-5-8-15(14)12-16;/h3-4,6,9-12,20H,2,5,7-8,13H2,1H3,(H,21,22);1H. The molecule has 0 bridgehead atoms. The fourth-order valence-electron chi connectivity index (χ4n) is 2.96. The summed E-state index contributed by atoms with van der Waals surface area (Å²) in [7, 11) is 0. The summed E-state index contributed by atoms with van der Waals surface area (Å²) in [6.45, 7) is 3.75. The predicted molar refractivity (Wildman–Crippen MR) is 97.5 cm³/mol. The van der Waals surface area contributed by atoms with E-state index in [1.54, 1.807) is 0 Å². The van der Waals surface area contributed by atoms with Gasteiger partial charge < -0.3 is 10.6 Å². The molecule has 122 valence electrons. The molecular formula is C19H23ClN2O. The van der Waals surface area contributed by atoms with Crippen molar-refractivity contribution in [3.8, 4) is 0 Å². The first kappa shape index (κ1) is 17.5. The minimum Gasteiger partial charge on any atom is -0.322 e. The molecule has 2 N–H and O–H groups in total.